The zero-order valence-electron chi connectivity index (χ0n) is 16.1. The van der Waals surface area contributed by atoms with Crippen molar-refractivity contribution in [1.29, 1.82) is 0 Å². The van der Waals surface area contributed by atoms with E-state index >= 15 is 0 Å². The molecule has 0 aliphatic carbocycles. The van der Waals surface area contributed by atoms with Crippen LogP contribution in [-0.2, 0) is 9.53 Å². The van der Waals surface area contributed by atoms with E-state index in [2.05, 4.69) is 29.0 Å². The number of piperazine rings is 1. The molecule has 6 nitrogen and oxygen atoms in total. The van der Waals surface area contributed by atoms with Gasteiger partial charge < -0.3 is 15.0 Å². The van der Waals surface area contributed by atoms with Gasteiger partial charge in [0.1, 0.15) is 0 Å². The monoisotopic (exact) mass is 352 g/mol. The highest BCUT2D eigenvalue weighted by molar-refractivity contribution is 5.78. The summed E-state index contributed by atoms with van der Waals surface area (Å²) in [5.41, 5.74) is 0. The molecule has 25 heavy (non-hydrogen) atoms. The van der Waals surface area contributed by atoms with Gasteiger partial charge in [-0.15, -0.1) is 0 Å². The van der Waals surface area contributed by atoms with E-state index in [1.165, 1.54) is 19.4 Å². The fourth-order valence-electron chi connectivity index (χ4n) is 4.42. The molecule has 3 atom stereocenters. The lowest BCUT2D eigenvalue weighted by molar-refractivity contribution is -0.132. The van der Waals surface area contributed by atoms with E-state index < -0.39 is 0 Å². The van der Waals surface area contributed by atoms with Crippen LogP contribution in [0.15, 0.2) is 0 Å². The van der Waals surface area contributed by atoms with Crippen molar-refractivity contribution < 1.29 is 9.53 Å². The van der Waals surface area contributed by atoms with Crippen molar-refractivity contribution in [3.63, 3.8) is 0 Å². The van der Waals surface area contributed by atoms with E-state index in [1.54, 1.807) is 0 Å². The molecule has 144 valence electrons. The summed E-state index contributed by atoms with van der Waals surface area (Å²) >= 11 is 0. The zero-order valence-corrected chi connectivity index (χ0v) is 16.1. The van der Waals surface area contributed by atoms with E-state index in [9.17, 15) is 4.79 Å². The predicted octanol–water partition coefficient (Wildman–Crippen LogP) is 0.772. The summed E-state index contributed by atoms with van der Waals surface area (Å²) < 4.78 is 5.58. The first kappa shape index (κ1) is 19.1. The minimum absolute atomic E-state index is 0.236. The van der Waals surface area contributed by atoms with Gasteiger partial charge in [0.25, 0.3) is 0 Å². The maximum absolute atomic E-state index is 12.3. The number of hydrogen-bond acceptors (Lipinski definition) is 5. The first-order valence-corrected chi connectivity index (χ1v) is 10.2. The summed E-state index contributed by atoms with van der Waals surface area (Å²) in [6, 6.07) is 1.46. The average molecular weight is 353 g/mol. The van der Waals surface area contributed by atoms with E-state index in [0.29, 0.717) is 12.6 Å². The molecule has 3 rings (SSSR count). The van der Waals surface area contributed by atoms with Gasteiger partial charge in [-0.1, -0.05) is 0 Å². The van der Waals surface area contributed by atoms with Crippen molar-refractivity contribution in [2.45, 2.75) is 57.7 Å². The second-order valence-electron chi connectivity index (χ2n) is 8.00. The van der Waals surface area contributed by atoms with E-state index in [4.69, 9.17) is 4.74 Å². The summed E-state index contributed by atoms with van der Waals surface area (Å²) in [4.78, 5) is 19.5. The highest BCUT2D eigenvalue weighted by atomic mass is 16.5. The van der Waals surface area contributed by atoms with Crippen LogP contribution < -0.4 is 5.32 Å². The van der Waals surface area contributed by atoms with Gasteiger partial charge >= 0.3 is 0 Å². The first-order chi connectivity index (χ1) is 12.1. The summed E-state index contributed by atoms with van der Waals surface area (Å²) in [6.45, 7) is 12.9. The van der Waals surface area contributed by atoms with E-state index in [1.807, 2.05) is 4.90 Å². The zero-order chi connectivity index (χ0) is 17.6. The summed E-state index contributed by atoms with van der Waals surface area (Å²) in [5, 5.41) is 3.27. The van der Waals surface area contributed by atoms with Crippen LogP contribution in [0.25, 0.3) is 0 Å². The number of carbonyl (C=O) groups excluding carboxylic acids is 1. The number of carbonyl (C=O) groups is 1. The van der Waals surface area contributed by atoms with E-state index in [0.717, 1.165) is 70.8 Å². The maximum Gasteiger partial charge on any atom is 0.236 e. The average Bonchev–Trinajstić information content (AvgIpc) is 3.24. The lowest BCUT2D eigenvalue weighted by Crippen LogP contribution is -2.52. The number of rotatable bonds is 7. The minimum atomic E-state index is 0.236. The topological polar surface area (TPSA) is 48.0 Å². The molecule has 0 spiro atoms. The maximum atomic E-state index is 12.3. The molecule has 3 saturated heterocycles. The predicted molar refractivity (Wildman–Crippen MR) is 99.7 cm³/mol. The van der Waals surface area contributed by atoms with Gasteiger partial charge in [-0.25, -0.2) is 0 Å². The molecule has 1 N–H and O–H groups in total. The molecule has 0 aromatic heterocycles. The van der Waals surface area contributed by atoms with Crippen molar-refractivity contribution in [2.24, 2.45) is 0 Å². The summed E-state index contributed by atoms with van der Waals surface area (Å²) in [5.74, 6) is 0.236. The van der Waals surface area contributed by atoms with Gasteiger partial charge in [-0.3, -0.25) is 14.6 Å². The van der Waals surface area contributed by atoms with Gasteiger partial charge in [0.15, 0.2) is 0 Å². The number of amides is 1. The molecule has 6 heteroatoms. The van der Waals surface area contributed by atoms with Crippen molar-refractivity contribution in [3.8, 4) is 0 Å². The Morgan fingerprint density at radius 1 is 1.04 bits per heavy atom. The molecule has 0 unspecified atom stereocenters. The minimum Gasteiger partial charge on any atom is -0.377 e. The highest BCUT2D eigenvalue weighted by Gasteiger charge is 2.28. The molecule has 3 fully saturated rings. The van der Waals surface area contributed by atoms with Gasteiger partial charge in [0, 0.05) is 64.5 Å². The molecule has 0 aromatic rings. The van der Waals surface area contributed by atoms with Gasteiger partial charge in [0.2, 0.25) is 5.91 Å². The molecule has 1 amide bonds. The molecule has 3 aliphatic rings. The van der Waals surface area contributed by atoms with Gasteiger partial charge in [-0.2, -0.15) is 0 Å². The molecular formula is C19H36N4O2. The lowest BCUT2D eigenvalue weighted by atomic mass is 10.2. The third-order valence-corrected chi connectivity index (χ3v) is 6.21. The molecule has 0 bridgehead atoms. The Kier molecular flexibility index (Phi) is 7.10. The Bertz CT molecular complexity index is 410. The smallest absolute Gasteiger partial charge is 0.236 e. The molecule has 3 aliphatic heterocycles. The van der Waals surface area contributed by atoms with Crippen LogP contribution in [0.5, 0.6) is 0 Å². The van der Waals surface area contributed by atoms with Crippen molar-refractivity contribution >= 4 is 5.91 Å². The van der Waals surface area contributed by atoms with Crippen LogP contribution in [-0.4, -0.2) is 97.8 Å². The Hall–Kier alpha value is -0.690. The summed E-state index contributed by atoms with van der Waals surface area (Å²) in [7, 11) is 0. The van der Waals surface area contributed by atoms with Crippen LogP contribution >= 0.6 is 0 Å². The Labute approximate surface area is 152 Å². The summed E-state index contributed by atoms with van der Waals surface area (Å²) in [6.07, 6.45) is 5.25. The quantitative estimate of drug-likeness (QED) is 0.733. The number of likely N-dealkylation sites (tertiary alicyclic amines) is 1. The van der Waals surface area contributed by atoms with Crippen LogP contribution in [0.4, 0.5) is 0 Å². The van der Waals surface area contributed by atoms with Gasteiger partial charge in [-0.05, 0) is 39.5 Å². The van der Waals surface area contributed by atoms with Crippen molar-refractivity contribution in [1.82, 2.24) is 20.0 Å². The number of hydrogen-bond donors (Lipinski definition) is 1. The van der Waals surface area contributed by atoms with Crippen LogP contribution in [0.1, 0.15) is 39.5 Å². The third-order valence-electron chi connectivity index (χ3n) is 6.21. The van der Waals surface area contributed by atoms with Crippen LogP contribution in [0.3, 0.4) is 0 Å². The Morgan fingerprint density at radius 3 is 2.40 bits per heavy atom. The Morgan fingerprint density at radius 2 is 1.76 bits per heavy atom. The van der Waals surface area contributed by atoms with Gasteiger partial charge in [0.05, 0.1) is 12.6 Å². The third kappa shape index (κ3) is 5.39. The highest BCUT2D eigenvalue weighted by Crippen LogP contribution is 2.22. The van der Waals surface area contributed by atoms with Crippen LogP contribution in [0.2, 0.25) is 0 Å². The second kappa shape index (κ2) is 9.31. The first-order valence-electron chi connectivity index (χ1n) is 10.2. The normalized spacial score (nSPS) is 31.8. The SMILES string of the molecule is C[C@@H]1CC[C@H](C)N1CCN1CCN(C(=O)CNC[C@@H]2CCCO2)CC1. The largest absolute Gasteiger partial charge is 0.377 e. The standard InChI is InChI=1S/C19H36N4O2/c1-16-5-6-17(2)23(16)12-9-21-7-10-22(11-8-21)19(24)15-20-14-18-4-3-13-25-18/h16-18,20H,3-15H2,1-2H3/t16-,17+,18-/m0/s1. The number of ether oxygens (including phenoxy) is 1. The lowest BCUT2D eigenvalue weighted by Gasteiger charge is -2.36. The molecule has 3 heterocycles. The van der Waals surface area contributed by atoms with Crippen LogP contribution in [0, 0.1) is 0 Å². The van der Waals surface area contributed by atoms with E-state index in [-0.39, 0.29) is 5.91 Å². The fourth-order valence-corrected chi connectivity index (χ4v) is 4.42. The molecule has 0 saturated carbocycles. The Balaban J connectivity index is 1.29. The number of nitrogens with one attached hydrogen (secondary N) is 1. The number of nitrogens with zero attached hydrogens (tertiary/aromatic N) is 3. The second-order valence-corrected chi connectivity index (χ2v) is 8.00. The molecule has 0 aromatic carbocycles. The molecule has 0 radical (unpaired) electrons. The van der Waals surface area contributed by atoms with Crippen molar-refractivity contribution in [2.75, 3.05) is 59.0 Å². The molecular weight excluding hydrogens is 316 g/mol. The van der Waals surface area contributed by atoms with Crippen molar-refractivity contribution in [3.05, 3.63) is 0 Å². The fraction of sp³-hybridized carbons (Fsp3) is 0.947.